The lowest BCUT2D eigenvalue weighted by atomic mass is 10.5. The van der Waals surface area contributed by atoms with Crippen molar-refractivity contribution >= 4 is 11.8 Å². The fourth-order valence-corrected chi connectivity index (χ4v) is 1.52. The molecule has 0 saturated heterocycles. The molecule has 0 aromatic carbocycles. The van der Waals surface area contributed by atoms with Crippen LogP contribution in [0.25, 0.3) is 0 Å². The zero-order chi connectivity index (χ0) is 9.14. The molecule has 12 heavy (non-hydrogen) atoms. The van der Waals surface area contributed by atoms with Gasteiger partial charge in [-0.15, -0.1) is 10.2 Å². The molecule has 5 heteroatoms. The lowest BCUT2D eigenvalue weighted by molar-refractivity contribution is 0.220. The molecule has 1 N–H and O–H groups in total. The third-order valence-corrected chi connectivity index (χ3v) is 2.77. The molecule has 1 aromatic rings. The highest BCUT2D eigenvalue weighted by Gasteiger charge is 2.06. The molecule has 68 valence electrons. The van der Waals surface area contributed by atoms with Gasteiger partial charge in [0.15, 0.2) is 5.16 Å². The molecular weight excluding hydrogens is 174 g/mol. The van der Waals surface area contributed by atoms with Gasteiger partial charge in [0, 0.05) is 12.8 Å². The van der Waals surface area contributed by atoms with Crippen LogP contribution in [-0.2, 0) is 7.05 Å². The molecule has 0 fully saturated rings. The number of thioether (sulfide) groups is 1. The van der Waals surface area contributed by atoms with Crippen molar-refractivity contribution in [2.45, 2.75) is 25.1 Å². The van der Waals surface area contributed by atoms with Crippen molar-refractivity contribution in [1.29, 1.82) is 0 Å². The number of aliphatic hydroxyl groups is 1. The van der Waals surface area contributed by atoms with E-state index in [2.05, 4.69) is 10.2 Å². The lowest BCUT2D eigenvalue weighted by Crippen LogP contribution is -2.04. The van der Waals surface area contributed by atoms with Crippen LogP contribution < -0.4 is 0 Å². The quantitative estimate of drug-likeness (QED) is 0.704. The minimum Gasteiger partial charge on any atom is -0.393 e. The first-order chi connectivity index (χ1) is 5.61. The lowest BCUT2D eigenvalue weighted by Gasteiger charge is -2.02. The van der Waals surface area contributed by atoms with E-state index >= 15 is 0 Å². The standard InChI is InChI=1S/C7H13N3OS/c1-5(11)4-12-7-9-8-6(2)10(7)3/h5,11H,4H2,1-3H3/t5-/m1/s1. The summed E-state index contributed by atoms with van der Waals surface area (Å²) in [5.41, 5.74) is 0. The summed E-state index contributed by atoms with van der Waals surface area (Å²) in [6.45, 7) is 3.66. The molecular formula is C7H13N3OS. The van der Waals surface area contributed by atoms with Crippen molar-refractivity contribution in [2.75, 3.05) is 5.75 Å². The normalized spacial score (nSPS) is 13.3. The maximum Gasteiger partial charge on any atom is 0.191 e. The van der Waals surface area contributed by atoms with Gasteiger partial charge in [0.05, 0.1) is 6.10 Å². The summed E-state index contributed by atoms with van der Waals surface area (Å²) in [5, 5.41) is 17.7. The summed E-state index contributed by atoms with van der Waals surface area (Å²) < 4.78 is 1.91. The first-order valence-electron chi connectivity index (χ1n) is 3.78. The molecule has 0 aliphatic carbocycles. The number of rotatable bonds is 3. The Morgan fingerprint density at radius 3 is 2.67 bits per heavy atom. The van der Waals surface area contributed by atoms with Gasteiger partial charge < -0.3 is 9.67 Å². The highest BCUT2D eigenvalue weighted by molar-refractivity contribution is 7.99. The third kappa shape index (κ3) is 2.22. The second-order valence-electron chi connectivity index (χ2n) is 2.75. The third-order valence-electron chi connectivity index (χ3n) is 1.51. The predicted octanol–water partition coefficient (Wildman–Crippen LogP) is 0.596. The predicted molar refractivity (Wildman–Crippen MR) is 48.1 cm³/mol. The molecule has 0 radical (unpaired) electrons. The van der Waals surface area contributed by atoms with E-state index in [9.17, 15) is 0 Å². The first kappa shape index (κ1) is 9.54. The van der Waals surface area contributed by atoms with Crippen molar-refractivity contribution in [3.8, 4) is 0 Å². The number of nitrogens with zero attached hydrogens (tertiary/aromatic N) is 3. The fourth-order valence-electron chi connectivity index (χ4n) is 0.709. The average Bonchev–Trinajstić information content (AvgIpc) is 2.30. The SMILES string of the molecule is Cc1nnc(SC[C@@H](C)O)n1C. The second kappa shape index (κ2) is 3.91. The molecule has 1 aromatic heterocycles. The van der Waals surface area contributed by atoms with Crippen molar-refractivity contribution in [3.05, 3.63) is 5.82 Å². The Morgan fingerprint density at radius 1 is 1.58 bits per heavy atom. The van der Waals surface area contributed by atoms with Gasteiger partial charge in [-0.25, -0.2) is 0 Å². The van der Waals surface area contributed by atoms with Crippen molar-refractivity contribution in [1.82, 2.24) is 14.8 Å². The zero-order valence-corrected chi connectivity index (χ0v) is 8.30. The van der Waals surface area contributed by atoms with Gasteiger partial charge >= 0.3 is 0 Å². The molecule has 0 bridgehead atoms. The van der Waals surface area contributed by atoms with Crippen LogP contribution in [-0.4, -0.2) is 31.7 Å². The van der Waals surface area contributed by atoms with Crippen molar-refractivity contribution in [2.24, 2.45) is 7.05 Å². The summed E-state index contributed by atoms with van der Waals surface area (Å²) in [7, 11) is 1.92. The summed E-state index contributed by atoms with van der Waals surface area (Å²) >= 11 is 1.52. The smallest absolute Gasteiger partial charge is 0.191 e. The topological polar surface area (TPSA) is 50.9 Å². The van der Waals surface area contributed by atoms with Crippen LogP contribution in [0.2, 0.25) is 0 Å². The van der Waals surface area contributed by atoms with Gasteiger partial charge in [0.25, 0.3) is 0 Å². The Kier molecular flexibility index (Phi) is 3.11. The molecule has 1 atom stereocenters. The summed E-state index contributed by atoms with van der Waals surface area (Å²) in [6, 6.07) is 0. The van der Waals surface area contributed by atoms with Gasteiger partial charge in [0.2, 0.25) is 0 Å². The Balaban J connectivity index is 2.58. The van der Waals surface area contributed by atoms with E-state index in [1.807, 2.05) is 18.5 Å². The molecule has 4 nitrogen and oxygen atoms in total. The van der Waals surface area contributed by atoms with E-state index in [-0.39, 0.29) is 6.10 Å². The molecule has 1 heterocycles. The van der Waals surface area contributed by atoms with Crippen LogP contribution >= 0.6 is 11.8 Å². The monoisotopic (exact) mass is 187 g/mol. The number of aromatic nitrogens is 3. The molecule has 0 unspecified atom stereocenters. The number of hydrogen-bond acceptors (Lipinski definition) is 4. The van der Waals surface area contributed by atoms with Crippen LogP contribution in [0.1, 0.15) is 12.7 Å². The van der Waals surface area contributed by atoms with E-state index in [1.54, 1.807) is 6.92 Å². The largest absolute Gasteiger partial charge is 0.393 e. The molecule has 0 saturated carbocycles. The molecule has 0 aliphatic heterocycles. The fraction of sp³-hybridized carbons (Fsp3) is 0.714. The van der Waals surface area contributed by atoms with Crippen LogP contribution in [0, 0.1) is 6.92 Å². The van der Waals surface area contributed by atoms with Crippen LogP contribution in [0.5, 0.6) is 0 Å². The average molecular weight is 187 g/mol. The highest BCUT2D eigenvalue weighted by atomic mass is 32.2. The van der Waals surface area contributed by atoms with E-state index in [0.29, 0.717) is 5.75 Å². The Morgan fingerprint density at radius 2 is 2.25 bits per heavy atom. The summed E-state index contributed by atoms with van der Waals surface area (Å²) in [6.07, 6.45) is -0.299. The van der Waals surface area contributed by atoms with Crippen LogP contribution in [0.15, 0.2) is 5.16 Å². The van der Waals surface area contributed by atoms with E-state index in [0.717, 1.165) is 11.0 Å². The molecule has 0 aliphatic rings. The summed E-state index contributed by atoms with van der Waals surface area (Å²) in [5.74, 6) is 1.55. The second-order valence-corrected chi connectivity index (χ2v) is 3.74. The van der Waals surface area contributed by atoms with Gasteiger partial charge in [-0.2, -0.15) is 0 Å². The van der Waals surface area contributed by atoms with Crippen LogP contribution in [0.4, 0.5) is 0 Å². The molecule has 1 rings (SSSR count). The Hall–Kier alpha value is -0.550. The van der Waals surface area contributed by atoms with E-state index in [4.69, 9.17) is 5.11 Å². The number of hydrogen-bond donors (Lipinski definition) is 1. The Labute approximate surface area is 76.0 Å². The summed E-state index contributed by atoms with van der Waals surface area (Å²) in [4.78, 5) is 0. The Bertz CT molecular complexity index is 259. The van der Waals surface area contributed by atoms with E-state index < -0.39 is 0 Å². The van der Waals surface area contributed by atoms with Crippen molar-refractivity contribution < 1.29 is 5.11 Å². The van der Waals surface area contributed by atoms with Crippen LogP contribution in [0.3, 0.4) is 0 Å². The number of aliphatic hydroxyl groups excluding tert-OH is 1. The van der Waals surface area contributed by atoms with Gasteiger partial charge in [0.1, 0.15) is 5.82 Å². The molecule has 0 spiro atoms. The first-order valence-corrected chi connectivity index (χ1v) is 4.76. The highest BCUT2D eigenvalue weighted by Crippen LogP contribution is 2.15. The minimum atomic E-state index is -0.299. The minimum absolute atomic E-state index is 0.299. The maximum atomic E-state index is 9.03. The maximum absolute atomic E-state index is 9.03. The van der Waals surface area contributed by atoms with Crippen molar-refractivity contribution in [3.63, 3.8) is 0 Å². The molecule has 0 amide bonds. The van der Waals surface area contributed by atoms with Gasteiger partial charge in [-0.1, -0.05) is 11.8 Å². The van der Waals surface area contributed by atoms with Gasteiger partial charge in [-0.3, -0.25) is 0 Å². The van der Waals surface area contributed by atoms with Gasteiger partial charge in [-0.05, 0) is 13.8 Å². The number of aryl methyl sites for hydroxylation is 1. The zero-order valence-electron chi connectivity index (χ0n) is 7.48. The van der Waals surface area contributed by atoms with E-state index in [1.165, 1.54) is 11.8 Å².